The van der Waals surface area contributed by atoms with Gasteiger partial charge >= 0.3 is 0 Å². The van der Waals surface area contributed by atoms with Crippen LogP contribution in [0.4, 0.5) is 0 Å². The second-order valence-corrected chi connectivity index (χ2v) is 2.63. The Balaban J connectivity index is 3.28. The molecule has 0 aromatic carbocycles. The van der Waals surface area contributed by atoms with Crippen molar-refractivity contribution in [2.24, 2.45) is 16.1 Å². The molecule has 0 fully saturated rings. The Bertz CT molecular complexity index is 114. The highest BCUT2D eigenvalue weighted by atomic mass is 15.2. The van der Waals surface area contributed by atoms with Crippen LogP contribution < -0.4 is 0 Å². The molecule has 0 bridgehead atoms. The molecule has 0 spiro atoms. The first-order valence-corrected chi connectivity index (χ1v) is 3.80. The quantitative estimate of drug-likeness (QED) is 0.423. The average Bonchev–Trinajstić information content (AvgIpc) is 1.87. The predicted molar refractivity (Wildman–Crippen MR) is 46.7 cm³/mol. The van der Waals surface area contributed by atoms with E-state index in [1.807, 2.05) is 13.1 Å². The molecule has 0 aliphatic carbocycles. The lowest BCUT2D eigenvalue weighted by atomic mass is 10.2. The summed E-state index contributed by atoms with van der Waals surface area (Å²) < 4.78 is 0. The molecular weight excluding hydrogens is 124 g/mol. The molecule has 0 aliphatic rings. The van der Waals surface area contributed by atoms with Crippen molar-refractivity contribution in [2.45, 2.75) is 33.6 Å². The molecule has 58 valence electrons. The van der Waals surface area contributed by atoms with Gasteiger partial charge in [-0.1, -0.05) is 20.8 Å². The summed E-state index contributed by atoms with van der Waals surface area (Å²) in [6, 6.07) is 0. The van der Waals surface area contributed by atoms with E-state index in [0.717, 1.165) is 12.8 Å². The van der Waals surface area contributed by atoms with Crippen LogP contribution in [0.3, 0.4) is 0 Å². The van der Waals surface area contributed by atoms with Gasteiger partial charge in [-0.05, 0) is 18.8 Å². The van der Waals surface area contributed by atoms with Crippen molar-refractivity contribution in [1.29, 1.82) is 0 Å². The summed E-state index contributed by atoms with van der Waals surface area (Å²) in [6.07, 6.45) is 5.63. The fourth-order valence-corrected chi connectivity index (χ4v) is 0.434. The molecule has 0 aromatic heterocycles. The molecule has 2 nitrogen and oxygen atoms in total. The summed E-state index contributed by atoms with van der Waals surface area (Å²) in [5, 5.41) is 7.65. The standard InChI is InChI=1S/C8H16N2/c1-4-6-9-10-7-5-8(2)3/h6-8H,4-5H2,1-3H3/b9-6-,10-7-. The molecule has 0 atom stereocenters. The zero-order valence-electron chi connectivity index (χ0n) is 7.04. The molecule has 0 amide bonds. The molecule has 0 unspecified atom stereocenters. The lowest BCUT2D eigenvalue weighted by Gasteiger charge is -1.93. The number of hydrogen-bond donors (Lipinski definition) is 0. The lowest BCUT2D eigenvalue weighted by Crippen LogP contribution is -1.85. The van der Waals surface area contributed by atoms with Crippen LogP contribution in [-0.4, -0.2) is 12.4 Å². The first-order valence-electron chi connectivity index (χ1n) is 3.80. The molecule has 0 aliphatic heterocycles. The Labute approximate surface area is 63.1 Å². The van der Waals surface area contributed by atoms with Crippen LogP contribution in [-0.2, 0) is 0 Å². The molecule has 0 heterocycles. The highest BCUT2D eigenvalue weighted by Crippen LogP contribution is 1.94. The van der Waals surface area contributed by atoms with E-state index in [0.29, 0.717) is 5.92 Å². The molecule has 0 aromatic rings. The van der Waals surface area contributed by atoms with Crippen LogP contribution in [0.15, 0.2) is 10.2 Å². The van der Waals surface area contributed by atoms with Gasteiger partial charge < -0.3 is 0 Å². The smallest absolute Gasteiger partial charge is 0.0272 e. The molecule has 0 radical (unpaired) electrons. The van der Waals surface area contributed by atoms with Gasteiger partial charge in [0, 0.05) is 12.4 Å². The maximum atomic E-state index is 3.85. The van der Waals surface area contributed by atoms with E-state index in [1.165, 1.54) is 0 Å². The molecule has 0 saturated carbocycles. The van der Waals surface area contributed by atoms with Crippen molar-refractivity contribution in [3.05, 3.63) is 0 Å². The molecule has 0 saturated heterocycles. The minimum absolute atomic E-state index is 0.681. The zero-order valence-corrected chi connectivity index (χ0v) is 7.04. The Morgan fingerprint density at radius 3 is 2.30 bits per heavy atom. The first-order chi connectivity index (χ1) is 4.77. The van der Waals surface area contributed by atoms with Gasteiger partial charge in [-0.3, -0.25) is 0 Å². The van der Waals surface area contributed by atoms with Gasteiger partial charge in [-0.15, -0.1) is 0 Å². The highest BCUT2D eigenvalue weighted by Gasteiger charge is 1.85. The fourth-order valence-electron chi connectivity index (χ4n) is 0.434. The van der Waals surface area contributed by atoms with E-state index in [4.69, 9.17) is 0 Å². The second kappa shape index (κ2) is 6.46. The summed E-state index contributed by atoms with van der Waals surface area (Å²) >= 11 is 0. The number of hydrogen-bond acceptors (Lipinski definition) is 2. The minimum Gasteiger partial charge on any atom is -0.164 e. The van der Waals surface area contributed by atoms with Crippen LogP contribution >= 0.6 is 0 Å². The SMILES string of the molecule is CC/C=N\N=C/CC(C)C. The van der Waals surface area contributed by atoms with Crippen molar-refractivity contribution in [1.82, 2.24) is 0 Å². The summed E-state index contributed by atoms with van der Waals surface area (Å²) in [5.41, 5.74) is 0. The van der Waals surface area contributed by atoms with Crippen LogP contribution in [0.1, 0.15) is 33.6 Å². The van der Waals surface area contributed by atoms with E-state index in [9.17, 15) is 0 Å². The van der Waals surface area contributed by atoms with E-state index in [-0.39, 0.29) is 0 Å². The van der Waals surface area contributed by atoms with Crippen molar-refractivity contribution in [2.75, 3.05) is 0 Å². The van der Waals surface area contributed by atoms with Gasteiger partial charge in [-0.2, -0.15) is 10.2 Å². The molecule has 0 N–H and O–H groups in total. The monoisotopic (exact) mass is 140 g/mol. The Hall–Kier alpha value is -0.660. The highest BCUT2D eigenvalue weighted by molar-refractivity contribution is 5.61. The third-order valence-electron chi connectivity index (χ3n) is 0.989. The van der Waals surface area contributed by atoms with Crippen molar-refractivity contribution < 1.29 is 0 Å². The molecule has 10 heavy (non-hydrogen) atoms. The van der Waals surface area contributed by atoms with E-state index in [1.54, 1.807) is 6.21 Å². The van der Waals surface area contributed by atoms with Crippen molar-refractivity contribution in [3.63, 3.8) is 0 Å². The minimum atomic E-state index is 0.681. The third-order valence-corrected chi connectivity index (χ3v) is 0.989. The molecule has 2 heteroatoms. The third kappa shape index (κ3) is 7.34. The van der Waals surface area contributed by atoms with Crippen molar-refractivity contribution in [3.8, 4) is 0 Å². The largest absolute Gasteiger partial charge is 0.164 e. The number of rotatable bonds is 4. The summed E-state index contributed by atoms with van der Waals surface area (Å²) in [4.78, 5) is 0. The summed E-state index contributed by atoms with van der Waals surface area (Å²) in [6.45, 7) is 6.37. The van der Waals surface area contributed by atoms with Gasteiger partial charge in [0.2, 0.25) is 0 Å². The maximum Gasteiger partial charge on any atom is 0.0272 e. The second-order valence-electron chi connectivity index (χ2n) is 2.63. The van der Waals surface area contributed by atoms with E-state index >= 15 is 0 Å². The Morgan fingerprint density at radius 1 is 1.20 bits per heavy atom. The first kappa shape index (κ1) is 9.34. The van der Waals surface area contributed by atoms with E-state index in [2.05, 4.69) is 24.1 Å². The van der Waals surface area contributed by atoms with Gasteiger partial charge in [0.25, 0.3) is 0 Å². The average molecular weight is 140 g/mol. The molecule has 0 rings (SSSR count). The summed E-state index contributed by atoms with van der Waals surface area (Å²) in [7, 11) is 0. The van der Waals surface area contributed by atoms with Gasteiger partial charge in [0.15, 0.2) is 0 Å². The fraction of sp³-hybridized carbons (Fsp3) is 0.750. The van der Waals surface area contributed by atoms with Gasteiger partial charge in [0.05, 0.1) is 0 Å². The van der Waals surface area contributed by atoms with Crippen LogP contribution in [0, 0.1) is 5.92 Å². The lowest BCUT2D eigenvalue weighted by molar-refractivity contribution is 0.689. The predicted octanol–water partition coefficient (Wildman–Crippen LogP) is 2.50. The van der Waals surface area contributed by atoms with Crippen molar-refractivity contribution >= 4 is 12.4 Å². The van der Waals surface area contributed by atoms with E-state index < -0.39 is 0 Å². The van der Waals surface area contributed by atoms with Gasteiger partial charge in [0.1, 0.15) is 0 Å². The zero-order chi connectivity index (χ0) is 7.82. The van der Waals surface area contributed by atoms with Gasteiger partial charge in [-0.25, -0.2) is 0 Å². The van der Waals surface area contributed by atoms with Crippen LogP contribution in [0.2, 0.25) is 0 Å². The summed E-state index contributed by atoms with van der Waals surface area (Å²) in [5.74, 6) is 0.681. The maximum absolute atomic E-state index is 3.85. The Morgan fingerprint density at radius 2 is 1.80 bits per heavy atom. The number of nitrogens with zero attached hydrogens (tertiary/aromatic N) is 2. The molecular formula is C8H16N2. The van der Waals surface area contributed by atoms with Crippen LogP contribution in [0.5, 0.6) is 0 Å². The van der Waals surface area contributed by atoms with Crippen LogP contribution in [0.25, 0.3) is 0 Å². The Kier molecular flexibility index (Phi) is 6.03. The normalized spacial score (nSPS) is 12.4. The topological polar surface area (TPSA) is 24.7 Å².